The van der Waals surface area contributed by atoms with Gasteiger partial charge in [0.25, 0.3) is 0 Å². The van der Waals surface area contributed by atoms with Gasteiger partial charge in [-0.1, -0.05) is 6.07 Å². The molecule has 0 saturated carbocycles. The average Bonchev–Trinajstić information content (AvgIpc) is 3.56. The molecule has 1 atom stereocenters. The number of fused-ring (bicyclic) bond motifs is 2. The standard InChI is InChI=1S/C25H27N5O4/c1-26-24-23-18(12-17(13-19(23)31)20-3-2-10-32-20)27-25(28-24)30-8-6-29(7-9-30)14-16-4-5-21-22(11-16)34-15-33-21/h2-5,10-11,17H,6-9,12-15H2,1H3,(H,26,27,28)/t17-/m0/s1. The van der Waals surface area contributed by atoms with Crippen LogP contribution in [0.15, 0.2) is 41.0 Å². The molecule has 1 aromatic carbocycles. The molecule has 3 aromatic rings. The van der Waals surface area contributed by atoms with Gasteiger partial charge in [0.05, 0.1) is 17.5 Å². The molecular formula is C25H27N5O4. The van der Waals surface area contributed by atoms with E-state index < -0.39 is 0 Å². The lowest BCUT2D eigenvalue weighted by Crippen LogP contribution is -2.46. The minimum atomic E-state index is 0.0148. The molecule has 0 radical (unpaired) electrons. The van der Waals surface area contributed by atoms with Crippen molar-refractivity contribution in [2.45, 2.75) is 25.3 Å². The third kappa shape index (κ3) is 3.86. The van der Waals surface area contributed by atoms with Gasteiger partial charge in [0.15, 0.2) is 17.3 Å². The summed E-state index contributed by atoms with van der Waals surface area (Å²) in [4.78, 5) is 27.2. The van der Waals surface area contributed by atoms with Gasteiger partial charge < -0.3 is 24.1 Å². The predicted octanol–water partition coefficient (Wildman–Crippen LogP) is 3.07. The Bertz CT molecular complexity index is 1200. The Balaban J connectivity index is 1.17. The van der Waals surface area contributed by atoms with Crippen molar-refractivity contribution in [1.29, 1.82) is 0 Å². The molecule has 0 unspecified atom stereocenters. The smallest absolute Gasteiger partial charge is 0.231 e. The zero-order chi connectivity index (χ0) is 23.1. The average molecular weight is 462 g/mol. The van der Waals surface area contributed by atoms with E-state index in [1.165, 1.54) is 5.56 Å². The van der Waals surface area contributed by atoms with Crippen LogP contribution in [0.4, 0.5) is 11.8 Å². The predicted molar refractivity (Wildman–Crippen MR) is 126 cm³/mol. The third-order valence-corrected chi connectivity index (χ3v) is 6.80. The highest BCUT2D eigenvalue weighted by Gasteiger charge is 2.33. The Labute approximate surface area is 197 Å². The number of aromatic nitrogens is 2. The van der Waals surface area contributed by atoms with Crippen LogP contribution in [0.2, 0.25) is 0 Å². The van der Waals surface area contributed by atoms with E-state index in [-0.39, 0.29) is 11.7 Å². The normalized spacial score (nSPS) is 19.9. The fourth-order valence-electron chi connectivity index (χ4n) is 5.02. The number of anilines is 2. The molecule has 9 nitrogen and oxygen atoms in total. The molecular weight excluding hydrogens is 434 g/mol. The van der Waals surface area contributed by atoms with Crippen molar-refractivity contribution in [2.75, 3.05) is 50.2 Å². The third-order valence-electron chi connectivity index (χ3n) is 6.80. The molecule has 0 amide bonds. The summed E-state index contributed by atoms with van der Waals surface area (Å²) in [6.07, 6.45) is 2.74. The van der Waals surface area contributed by atoms with Crippen LogP contribution in [0.5, 0.6) is 11.5 Å². The zero-order valence-electron chi connectivity index (χ0n) is 19.1. The maximum atomic E-state index is 12.9. The summed E-state index contributed by atoms with van der Waals surface area (Å²) in [6, 6.07) is 9.93. The van der Waals surface area contributed by atoms with E-state index >= 15 is 0 Å². The first-order valence-corrected chi connectivity index (χ1v) is 11.7. The molecule has 1 saturated heterocycles. The van der Waals surface area contributed by atoms with E-state index in [0.29, 0.717) is 37.0 Å². The van der Waals surface area contributed by atoms with Crippen LogP contribution in [-0.4, -0.2) is 60.7 Å². The number of rotatable bonds is 5. The fourth-order valence-corrected chi connectivity index (χ4v) is 5.02. The summed E-state index contributed by atoms with van der Waals surface area (Å²) in [7, 11) is 1.81. The molecule has 34 heavy (non-hydrogen) atoms. The summed E-state index contributed by atoms with van der Waals surface area (Å²) >= 11 is 0. The van der Waals surface area contributed by atoms with Gasteiger partial charge in [0.1, 0.15) is 11.6 Å². The minimum Gasteiger partial charge on any atom is -0.469 e. The quantitative estimate of drug-likeness (QED) is 0.615. The zero-order valence-corrected chi connectivity index (χ0v) is 19.1. The highest BCUT2D eigenvalue weighted by Crippen LogP contribution is 2.36. The van der Waals surface area contributed by atoms with E-state index in [1.54, 1.807) is 6.26 Å². The molecule has 0 spiro atoms. The molecule has 176 valence electrons. The van der Waals surface area contributed by atoms with Gasteiger partial charge in [0, 0.05) is 58.5 Å². The van der Waals surface area contributed by atoms with Crippen LogP contribution in [0.3, 0.4) is 0 Å². The number of nitrogens with zero attached hydrogens (tertiary/aromatic N) is 4. The van der Waals surface area contributed by atoms with Crippen molar-refractivity contribution in [1.82, 2.24) is 14.9 Å². The van der Waals surface area contributed by atoms with Crippen LogP contribution in [0.25, 0.3) is 0 Å². The molecule has 0 bridgehead atoms. The van der Waals surface area contributed by atoms with Gasteiger partial charge in [-0.05, 0) is 29.8 Å². The number of Topliss-reactive ketones (excluding diaryl/α,β-unsaturated/α-hetero) is 1. The molecule has 4 heterocycles. The maximum absolute atomic E-state index is 12.9. The summed E-state index contributed by atoms with van der Waals surface area (Å²) in [6.45, 7) is 4.59. The van der Waals surface area contributed by atoms with Crippen LogP contribution < -0.4 is 19.7 Å². The maximum Gasteiger partial charge on any atom is 0.231 e. The van der Waals surface area contributed by atoms with Gasteiger partial charge in [-0.3, -0.25) is 9.69 Å². The highest BCUT2D eigenvalue weighted by atomic mass is 16.7. The highest BCUT2D eigenvalue weighted by molar-refractivity contribution is 6.03. The molecule has 2 aromatic heterocycles. The Morgan fingerprint density at radius 3 is 2.71 bits per heavy atom. The van der Waals surface area contributed by atoms with Crippen molar-refractivity contribution in [3.05, 3.63) is 59.2 Å². The molecule has 9 heteroatoms. The van der Waals surface area contributed by atoms with Gasteiger partial charge in [0.2, 0.25) is 12.7 Å². The summed E-state index contributed by atoms with van der Waals surface area (Å²) < 4.78 is 16.5. The monoisotopic (exact) mass is 461 g/mol. The lowest BCUT2D eigenvalue weighted by molar-refractivity contribution is 0.0959. The summed E-state index contributed by atoms with van der Waals surface area (Å²) in [5.41, 5.74) is 2.63. The first-order chi connectivity index (χ1) is 16.7. The second kappa shape index (κ2) is 8.64. The number of piperazine rings is 1. The second-order valence-electron chi connectivity index (χ2n) is 8.94. The van der Waals surface area contributed by atoms with Gasteiger partial charge >= 0.3 is 0 Å². The Morgan fingerprint density at radius 2 is 1.91 bits per heavy atom. The molecule has 6 rings (SSSR count). The van der Waals surface area contributed by atoms with E-state index in [4.69, 9.17) is 23.9 Å². The Morgan fingerprint density at radius 1 is 1.06 bits per heavy atom. The van der Waals surface area contributed by atoms with E-state index in [1.807, 2.05) is 25.2 Å². The number of nitrogens with one attached hydrogen (secondary N) is 1. The Hall–Kier alpha value is -3.59. The summed E-state index contributed by atoms with van der Waals surface area (Å²) in [5, 5.41) is 3.12. The summed E-state index contributed by atoms with van der Waals surface area (Å²) in [5.74, 6) is 3.84. The van der Waals surface area contributed by atoms with Crippen LogP contribution >= 0.6 is 0 Å². The number of hydrogen-bond acceptors (Lipinski definition) is 9. The van der Waals surface area contributed by atoms with Crippen molar-refractivity contribution in [3.63, 3.8) is 0 Å². The number of ether oxygens (including phenoxy) is 2. The van der Waals surface area contributed by atoms with E-state index in [0.717, 1.165) is 55.7 Å². The lowest BCUT2D eigenvalue weighted by Gasteiger charge is -2.35. The van der Waals surface area contributed by atoms with Crippen LogP contribution in [0.1, 0.15) is 39.7 Å². The van der Waals surface area contributed by atoms with Crippen molar-refractivity contribution in [2.24, 2.45) is 0 Å². The largest absolute Gasteiger partial charge is 0.469 e. The van der Waals surface area contributed by atoms with E-state index in [9.17, 15) is 4.79 Å². The van der Waals surface area contributed by atoms with Crippen molar-refractivity contribution in [3.8, 4) is 11.5 Å². The molecule has 1 fully saturated rings. The molecule has 1 aliphatic carbocycles. The van der Waals surface area contributed by atoms with Crippen LogP contribution in [0, 0.1) is 0 Å². The van der Waals surface area contributed by atoms with Gasteiger partial charge in [-0.15, -0.1) is 0 Å². The van der Waals surface area contributed by atoms with Crippen LogP contribution in [-0.2, 0) is 13.0 Å². The van der Waals surface area contributed by atoms with Crippen molar-refractivity contribution < 1.29 is 18.7 Å². The SMILES string of the molecule is CNc1nc(N2CCN(Cc3ccc4c(c3)OCO4)CC2)nc2c1C(=O)C[C@@H](c1ccco1)C2. The van der Waals surface area contributed by atoms with Gasteiger partial charge in [-0.25, -0.2) is 4.98 Å². The van der Waals surface area contributed by atoms with E-state index in [2.05, 4.69) is 27.2 Å². The van der Waals surface area contributed by atoms with Crippen molar-refractivity contribution >= 4 is 17.5 Å². The molecule has 1 N–H and O–H groups in total. The Kier molecular flexibility index (Phi) is 5.33. The number of hydrogen-bond donors (Lipinski definition) is 1. The number of ketones is 1. The topological polar surface area (TPSA) is 93.0 Å². The number of carbonyl (C=O) groups is 1. The number of furan rings is 1. The minimum absolute atomic E-state index is 0.0148. The number of carbonyl (C=O) groups excluding carboxylic acids is 1. The van der Waals surface area contributed by atoms with Gasteiger partial charge in [-0.2, -0.15) is 4.98 Å². The first kappa shape index (κ1) is 21.0. The first-order valence-electron chi connectivity index (χ1n) is 11.7. The lowest BCUT2D eigenvalue weighted by atomic mass is 9.84. The fraction of sp³-hybridized carbons (Fsp3) is 0.400. The molecule has 2 aliphatic heterocycles. The number of benzene rings is 1. The second-order valence-corrected chi connectivity index (χ2v) is 8.94. The molecule has 3 aliphatic rings.